The van der Waals surface area contributed by atoms with Crippen molar-refractivity contribution in [3.63, 3.8) is 0 Å². The average molecular weight is 554 g/mol. The van der Waals surface area contributed by atoms with Gasteiger partial charge in [0.1, 0.15) is 23.1 Å². The zero-order chi connectivity index (χ0) is 26.7. The van der Waals surface area contributed by atoms with E-state index in [4.69, 9.17) is 14.6 Å². The van der Waals surface area contributed by atoms with Gasteiger partial charge < -0.3 is 14.7 Å². The third-order valence-electron chi connectivity index (χ3n) is 4.68. The number of thiazole rings is 1. The minimum Gasteiger partial charge on any atom is -0.489 e. The van der Waals surface area contributed by atoms with Crippen LogP contribution in [0.15, 0.2) is 58.9 Å². The highest BCUT2D eigenvalue weighted by Gasteiger charge is 2.38. The number of nitrogens with zero attached hydrogens (tertiary/aromatic N) is 2. The van der Waals surface area contributed by atoms with Gasteiger partial charge in [-0.3, -0.25) is 0 Å². The molecule has 1 aromatic heterocycles. The van der Waals surface area contributed by atoms with Crippen LogP contribution in [0.4, 0.5) is 37.7 Å². The van der Waals surface area contributed by atoms with Gasteiger partial charge in [-0.1, -0.05) is 6.07 Å². The van der Waals surface area contributed by atoms with Crippen LogP contribution in [0.5, 0.6) is 5.75 Å². The molecule has 0 saturated heterocycles. The Bertz CT molecular complexity index is 1330. The smallest absolute Gasteiger partial charge is 0.489 e. The highest BCUT2D eigenvalue weighted by Crippen LogP contribution is 2.40. The number of carboxylic acid groups (broad SMARTS) is 1. The molecule has 0 saturated carbocycles. The Kier molecular flexibility index (Phi) is 7.83. The molecule has 15 heteroatoms. The number of hydrogen-bond donors (Lipinski definition) is 1. The van der Waals surface area contributed by atoms with Gasteiger partial charge in [-0.05, 0) is 30.3 Å². The van der Waals surface area contributed by atoms with E-state index in [1.807, 2.05) is 0 Å². The second kappa shape index (κ2) is 10.3. The van der Waals surface area contributed by atoms with Crippen LogP contribution in [0.2, 0.25) is 0 Å². The third kappa shape index (κ3) is 6.66. The maximum absolute atomic E-state index is 13.1. The van der Waals surface area contributed by atoms with E-state index in [1.165, 1.54) is 29.5 Å². The van der Waals surface area contributed by atoms with Crippen molar-refractivity contribution in [1.82, 2.24) is 4.98 Å². The fourth-order valence-electron chi connectivity index (χ4n) is 3.08. The number of ether oxygens (including phenoxy) is 1. The second-order valence-electron chi connectivity index (χ2n) is 7.17. The van der Waals surface area contributed by atoms with Crippen LogP contribution in [0.25, 0.3) is 0 Å². The van der Waals surface area contributed by atoms with E-state index in [9.17, 15) is 34.8 Å². The molecule has 2 heterocycles. The first-order chi connectivity index (χ1) is 16.7. The second-order valence-corrected chi connectivity index (χ2v) is 10.1. The zero-order valence-electron chi connectivity index (χ0n) is 17.9. The van der Waals surface area contributed by atoms with Gasteiger partial charge in [0.05, 0.1) is 22.7 Å². The van der Waals surface area contributed by atoms with Crippen LogP contribution >= 0.6 is 11.3 Å². The van der Waals surface area contributed by atoms with Crippen molar-refractivity contribution in [3.05, 3.63) is 64.6 Å². The summed E-state index contributed by atoms with van der Waals surface area (Å²) in [5.74, 6) is -2.66. The summed E-state index contributed by atoms with van der Waals surface area (Å²) in [4.78, 5) is 14.7. The number of rotatable bonds is 4. The lowest BCUT2D eigenvalue weighted by atomic mass is 10.1. The number of aliphatic carboxylic acids is 1. The van der Waals surface area contributed by atoms with Crippen molar-refractivity contribution < 1.29 is 49.4 Å². The van der Waals surface area contributed by atoms with Gasteiger partial charge in [-0.15, -0.1) is 11.3 Å². The molecule has 0 fully saturated rings. The van der Waals surface area contributed by atoms with E-state index in [-0.39, 0.29) is 17.3 Å². The molecular weight excluding hydrogens is 538 g/mol. The highest BCUT2D eigenvalue weighted by atomic mass is 32.2. The molecule has 0 unspecified atom stereocenters. The van der Waals surface area contributed by atoms with Crippen LogP contribution in [-0.2, 0) is 26.6 Å². The predicted octanol–water partition coefficient (Wildman–Crippen LogP) is 5.30. The predicted molar refractivity (Wildman–Crippen MR) is 117 cm³/mol. The van der Waals surface area contributed by atoms with Gasteiger partial charge in [-0.2, -0.15) is 26.3 Å². The van der Waals surface area contributed by atoms with Gasteiger partial charge >= 0.3 is 18.3 Å². The lowest BCUT2D eigenvalue weighted by molar-refractivity contribution is -0.192. The Morgan fingerprint density at radius 3 is 2.39 bits per heavy atom. The Balaban J connectivity index is 0.000000454. The molecule has 0 atom stereocenters. The molecule has 194 valence electrons. The van der Waals surface area contributed by atoms with Crippen molar-refractivity contribution in [2.24, 2.45) is 0 Å². The lowest BCUT2D eigenvalue weighted by Gasteiger charge is -2.32. The number of anilines is 2. The Morgan fingerprint density at radius 2 is 1.81 bits per heavy atom. The maximum atomic E-state index is 13.1. The van der Waals surface area contributed by atoms with Crippen molar-refractivity contribution in [1.29, 1.82) is 0 Å². The molecule has 1 aliphatic rings. The summed E-state index contributed by atoms with van der Waals surface area (Å²) >= 11 is 1.25. The van der Waals surface area contributed by atoms with Crippen LogP contribution in [0, 0.1) is 0 Å². The van der Waals surface area contributed by atoms with Crippen LogP contribution < -0.4 is 9.64 Å². The Morgan fingerprint density at radius 1 is 1.11 bits per heavy atom. The van der Waals surface area contributed by atoms with Crippen molar-refractivity contribution in [2.45, 2.75) is 23.0 Å². The summed E-state index contributed by atoms with van der Waals surface area (Å²) in [6.45, 7) is 0.568. The first-order valence-electron chi connectivity index (χ1n) is 9.81. The van der Waals surface area contributed by atoms with E-state index in [0.29, 0.717) is 28.7 Å². The molecule has 0 aliphatic carbocycles. The molecule has 1 aliphatic heterocycles. The van der Waals surface area contributed by atoms with Gasteiger partial charge in [-0.25, -0.2) is 18.2 Å². The third-order valence-corrected chi connectivity index (χ3v) is 7.27. The lowest BCUT2D eigenvalue weighted by Crippen LogP contribution is -2.29. The van der Waals surface area contributed by atoms with Gasteiger partial charge in [0.15, 0.2) is 9.84 Å². The Hall–Kier alpha value is -3.33. The maximum Gasteiger partial charge on any atom is 0.490 e. The number of benzene rings is 2. The molecule has 4 rings (SSSR count). The highest BCUT2D eigenvalue weighted by molar-refractivity contribution is 7.90. The van der Waals surface area contributed by atoms with Gasteiger partial charge in [0.2, 0.25) is 0 Å². The number of carbonyl (C=O) groups is 1. The van der Waals surface area contributed by atoms with Crippen molar-refractivity contribution >= 4 is 38.5 Å². The molecule has 36 heavy (non-hydrogen) atoms. The number of sulfone groups is 1. The van der Waals surface area contributed by atoms with Gasteiger partial charge in [0.25, 0.3) is 0 Å². The minimum absolute atomic E-state index is 0.0809. The Labute approximate surface area is 204 Å². The first-order valence-corrected chi connectivity index (χ1v) is 12.3. The molecular formula is C21H16F6N2O5S2. The number of carboxylic acids is 1. The molecule has 0 radical (unpaired) electrons. The van der Waals surface area contributed by atoms with Gasteiger partial charge in [0, 0.05) is 23.3 Å². The largest absolute Gasteiger partial charge is 0.490 e. The molecule has 0 spiro atoms. The summed E-state index contributed by atoms with van der Waals surface area (Å²) in [5, 5.41) is 9.31. The number of alkyl halides is 6. The summed E-state index contributed by atoms with van der Waals surface area (Å²) < 4.78 is 102. The molecule has 1 N–H and O–H groups in total. The summed E-state index contributed by atoms with van der Waals surface area (Å²) in [7, 11) is -3.62. The van der Waals surface area contributed by atoms with E-state index in [0.717, 1.165) is 12.1 Å². The zero-order valence-corrected chi connectivity index (χ0v) is 19.5. The summed E-state index contributed by atoms with van der Waals surface area (Å²) in [5.41, 5.74) is 0.136. The van der Waals surface area contributed by atoms with E-state index in [1.54, 1.807) is 28.6 Å². The van der Waals surface area contributed by atoms with Crippen LogP contribution in [0.3, 0.4) is 0 Å². The molecule has 0 bridgehead atoms. The molecule has 7 nitrogen and oxygen atoms in total. The minimum atomic E-state index is -5.08. The summed E-state index contributed by atoms with van der Waals surface area (Å²) in [6, 6.07) is 9.43. The molecule has 0 amide bonds. The van der Waals surface area contributed by atoms with E-state index in [2.05, 4.69) is 4.98 Å². The topological polar surface area (TPSA) is 96.8 Å². The average Bonchev–Trinajstić information content (AvgIpc) is 3.30. The fraction of sp³-hybridized carbons (Fsp3) is 0.238. The standard InChI is InChI=1S/C19H15F3N2O3S2.C2HF3O2/c20-19(21,22)13-2-1-3-14(10-13)24-7-8-27-17-11-15(4-5-16(17)24)29(25,26)12-18-23-6-9-28-18;3-2(4,5)1(6)7/h1-6,9-11H,7-8,12H2;(H,6,7). The van der Waals surface area contributed by atoms with E-state index >= 15 is 0 Å². The number of hydrogen-bond acceptors (Lipinski definition) is 7. The molecule has 2 aromatic carbocycles. The number of halogens is 6. The normalized spacial score (nSPS) is 13.8. The van der Waals surface area contributed by atoms with Crippen LogP contribution in [-0.4, -0.2) is 43.8 Å². The fourth-order valence-corrected chi connectivity index (χ4v) is 5.35. The van der Waals surface area contributed by atoms with Crippen LogP contribution in [0.1, 0.15) is 10.6 Å². The number of aromatic nitrogens is 1. The van der Waals surface area contributed by atoms with Crippen molar-refractivity contribution in [3.8, 4) is 5.75 Å². The van der Waals surface area contributed by atoms with Crippen molar-refractivity contribution in [2.75, 3.05) is 18.1 Å². The quantitative estimate of drug-likeness (QED) is 0.438. The van der Waals surface area contributed by atoms with E-state index < -0.39 is 33.7 Å². The monoisotopic (exact) mass is 554 g/mol. The number of fused-ring (bicyclic) bond motifs is 1. The summed E-state index contributed by atoms with van der Waals surface area (Å²) in [6.07, 6.45) is -7.99. The SMILES string of the molecule is O=C(O)C(F)(F)F.O=S(=O)(Cc1nccs1)c1ccc2c(c1)OCCN2c1cccc(C(F)(F)F)c1. The first kappa shape index (κ1) is 27.3. The molecule has 3 aromatic rings.